The highest BCUT2D eigenvalue weighted by atomic mass is 32.1. The van der Waals surface area contributed by atoms with E-state index in [9.17, 15) is 0 Å². The van der Waals surface area contributed by atoms with E-state index in [1.807, 2.05) is 29.9 Å². The lowest BCUT2D eigenvalue weighted by Gasteiger charge is -1.97. The third-order valence-corrected chi connectivity index (χ3v) is 3.21. The topological polar surface area (TPSA) is 53.6 Å². The lowest BCUT2D eigenvalue weighted by Crippen LogP contribution is -1.92. The summed E-state index contributed by atoms with van der Waals surface area (Å²) in [6.07, 6.45) is 1.53. The zero-order valence-corrected chi connectivity index (χ0v) is 10.5. The molecule has 3 aromatic heterocycles. The molecule has 0 atom stereocenters. The van der Waals surface area contributed by atoms with Crippen molar-refractivity contribution in [3.63, 3.8) is 0 Å². The van der Waals surface area contributed by atoms with E-state index in [0.717, 1.165) is 28.1 Å². The first-order chi connectivity index (χ1) is 8.86. The van der Waals surface area contributed by atoms with Crippen molar-refractivity contribution in [2.24, 2.45) is 0 Å². The van der Waals surface area contributed by atoms with Gasteiger partial charge in [0.05, 0.1) is 11.1 Å². The molecule has 0 fully saturated rings. The fourth-order valence-corrected chi connectivity index (χ4v) is 2.27. The van der Waals surface area contributed by atoms with Crippen molar-refractivity contribution in [3.8, 4) is 11.8 Å². The number of aromatic nitrogens is 3. The molecule has 0 unspecified atom stereocenters. The van der Waals surface area contributed by atoms with Gasteiger partial charge >= 0.3 is 0 Å². The maximum atomic E-state index is 4.18. The summed E-state index contributed by atoms with van der Waals surface area (Å²) in [6.45, 7) is 0. The van der Waals surface area contributed by atoms with Crippen LogP contribution >= 0.6 is 11.3 Å². The molecule has 0 aliphatic heterocycles. The molecule has 0 spiro atoms. The molecule has 0 amide bonds. The van der Waals surface area contributed by atoms with E-state index in [1.54, 1.807) is 11.3 Å². The first kappa shape index (κ1) is 10.8. The largest absolute Gasteiger partial charge is 0.372 e. The minimum Gasteiger partial charge on any atom is -0.372 e. The molecule has 2 N–H and O–H groups in total. The predicted molar refractivity (Wildman–Crippen MR) is 73.7 cm³/mol. The number of nitrogens with zero attached hydrogens (tertiary/aromatic N) is 2. The van der Waals surface area contributed by atoms with E-state index < -0.39 is 0 Å². The van der Waals surface area contributed by atoms with Gasteiger partial charge in [-0.15, -0.1) is 0 Å². The van der Waals surface area contributed by atoms with Gasteiger partial charge in [-0.3, -0.25) is 0 Å². The van der Waals surface area contributed by atoms with Crippen LogP contribution in [0.5, 0.6) is 0 Å². The number of anilines is 1. The maximum absolute atomic E-state index is 4.18. The second-order valence-corrected chi connectivity index (χ2v) is 4.46. The van der Waals surface area contributed by atoms with Crippen molar-refractivity contribution in [1.82, 2.24) is 15.0 Å². The van der Waals surface area contributed by atoms with Crippen LogP contribution in [0.25, 0.3) is 11.0 Å². The van der Waals surface area contributed by atoms with Crippen LogP contribution in [0.2, 0.25) is 0 Å². The Morgan fingerprint density at radius 2 is 2.28 bits per heavy atom. The Labute approximate surface area is 108 Å². The Morgan fingerprint density at radius 1 is 1.33 bits per heavy atom. The fraction of sp³-hybridized carbons (Fsp3) is 0.0769. The highest BCUT2D eigenvalue weighted by Crippen LogP contribution is 2.19. The molecule has 3 rings (SSSR count). The number of hydrogen-bond acceptors (Lipinski definition) is 4. The molecular formula is C13H10N4S. The molecular weight excluding hydrogens is 244 g/mol. The summed E-state index contributed by atoms with van der Waals surface area (Å²) in [5.41, 5.74) is 2.66. The van der Waals surface area contributed by atoms with Gasteiger partial charge in [0, 0.05) is 18.0 Å². The van der Waals surface area contributed by atoms with Gasteiger partial charge in [-0.25, -0.2) is 9.97 Å². The number of hydrogen-bond donors (Lipinski definition) is 2. The Bertz CT molecular complexity index is 731. The van der Waals surface area contributed by atoms with Crippen LogP contribution in [0, 0.1) is 11.8 Å². The van der Waals surface area contributed by atoms with Crippen molar-refractivity contribution in [2.45, 2.75) is 0 Å². The van der Waals surface area contributed by atoms with Crippen molar-refractivity contribution >= 4 is 28.2 Å². The maximum Gasteiger partial charge on any atom is 0.143 e. The molecule has 0 radical (unpaired) electrons. The first-order valence-corrected chi connectivity index (χ1v) is 6.37. The van der Waals surface area contributed by atoms with Gasteiger partial charge in [-0.2, -0.15) is 11.3 Å². The first-order valence-electron chi connectivity index (χ1n) is 5.42. The lowest BCUT2D eigenvalue weighted by molar-refractivity contribution is 1.19. The minimum atomic E-state index is 0.795. The van der Waals surface area contributed by atoms with E-state index in [2.05, 4.69) is 32.1 Å². The number of aromatic amines is 1. The fourth-order valence-electron chi connectivity index (χ4n) is 1.68. The Balaban J connectivity index is 2.04. The van der Waals surface area contributed by atoms with E-state index in [1.165, 1.54) is 6.33 Å². The van der Waals surface area contributed by atoms with Crippen molar-refractivity contribution < 1.29 is 0 Å². The molecule has 0 saturated carbocycles. The second-order valence-electron chi connectivity index (χ2n) is 3.68. The molecule has 4 nitrogen and oxygen atoms in total. The molecule has 3 aromatic rings. The summed E-state index contributed by atoms with van der Waals surface area (Å²) in [5, 5.41) is 8.02. The Hall–Kier alpha value is -2.32. The highest BCUT2D eigenvalue weighted by Gasteiger charge is 2.04. The van der Waals surface area contributed by atoms with Crippen LogP contribution in [0.15, 0.2) is 29.2 Å². The van der Waals surface area contributed by atoms with Gasteiger partial charge in [0.15, 0.2) is 0 Å². The minimum absolute atomic E-state index is 0.795. The third kappa shape index (κ3) is 1.94. The number of fused-ring (bicyclic) bond motifs is 1. The van der Waals surface area contributed by atoms with Crippen LogP contribution in [-0.2, 0) is 0 Å². The molecule has 0 aromatic carbocycles. The van der Waals surface area contributed by atoms with E-state index in [-0.39, 0.29) is 0 Å². The summed E-state index contributed by atoms with van der Waals surface area (Å²) in [5.74, 6) is 7.00. The summed E-state index contributed by atoms with van der Waals surface area (Å²) in [6, 6.07) is 3.96. The highest BCUT2D eigenvalue weighted by molar-refractivity contribution is 7.08. The summed E-state index contributed by atoms with van der Waals surface area (Å²) in [4.78, 5) is 11.5. The second kappa shape index (κ2) is 4.51. The molecule has 0 aliphatic rings. The van der Waals surface area contributed by atoms with Gasteiger partial charge < -0.3 is 10.3 Å². The average Bonchev–Trinajstić information content (AvgIpc) is 3.04. The van der Waals surface area contributed by atoms with Crippen molar-refractivity contribution in [2.75, 3.05) is 12.4 Å². The lowest BCUT2D eigenvalue weighted by atomic mass is 10.3. The number of rotatable bonds is 1. The predicted octanol–water partition coefficient (Wildman–Crippen LogP) is 2.46. The van der Waals surface area contributed by atoms with Crippen molar-refractivity contribution in [3.05, 3.63) is 40.5 Å². The molecule has 0 saturated heterocycles. The summed E-state index contributed by atoms with van der Waals surface area (Å²) < 4.78 is 0. The number of nitrogens with one attached hydrogen (secondary N) is 2. The van der Waals surface area contributed by atoms with Crippen LogP contribution in [0.4, 0.5) is 5.82 Å². The van der Waals surface area contributed by atoms with E-state index in [4.69, 9.17) is 0 Å². The number of thiophene rings is 1. The van der Waals surface area contributed by atoms with Crippen LogP contribution in [0.3, 0.4) is 0 Å². The van der Waals surface area contributed by atoms with Crippen molar-refractivity contribution in [1.29, 1.82) is 0 Å². The SMILES string of the molecule is CNc1ncnc2[nH]c(C#Cc3ccsc3)cc12. The smallest absolute Gasteiger partial charge is 0.143 e. The molecule has 88 valence electrons. The van der Waals surface area contributed by atoms with E-state index in [0.29, 0.717) is 0 Å². The molecule has 18 heavy (non-hydrogen) atoms. The van der Waals surface area contributed by atoms with Gasteiger partial charge in [-0.1, -0.05) is 5.92 Å². The summed E-state index contributed by atoms with van der Waals surface area (Å²) in [7, 11) is 1.84. The van der Waals surface area contributed by atoms with Crippen LogP contribution in [0.1, 0.15) is 11.3 Å². The van der Waals surface area contributed by atoms with E-state index >= 15 is 0 Å². The van der Waals surface area contributed by atoms with Gasteiger partial charge in [0.2, 0.25) is 0 Å². The standard InChI is InChI=1S/C13H10N4S/c1-14-12-11-6-10(17-13(11)16-8-15-12)3-2-9-4-5-18-7-9/h4-8H,1H3,(H2,14,15,16,17). The Kier molecular flexibility index (Phi) is 2.71. The zero-order valence-electron chi connectivity index (χ0n) is 9.69. The van der Waals surface area contributed by atoms with Gasteiger partial charge in [0.1, 0.15) is 17.8 Å². The average molecular weight is 254 g/mol. The molecule has 0 aliphatic carbocycles. The molecule has 0 bridgehead atoms. The quantitative estimate of drug-likeness (QED) is 0.656. The van der Waals surface area contributed by atoms with Crippen LogP contribution in [-0.4, -0.2) is 22.0 Å². The third-order valence-electron chi connectivity index (χ3n) is 2.53. The molecule has 5 heteroatoms. The summed E-state index contributed by atoms with van der Waals surface area (Å²) >= 11 is 1.64. The normalized spacial score (nSPS) is 10.1. The van der Waals surface area contributed by atoms with Crippen LogP contribution < -0.4 is 5.32 Å². The molecule has 3 heterocycles. The Morgan fingerprint density at radius 3 is 3.06 bits per heavy atom. The van der Waals surface area contributed by atoms with Gasteiger partial charge in [0.25, 0.3) is 0 Å². The monoisotopic (exact) mass is 254 g/mol. The zero-order chi connectivity index (χ0) is 12.4. The number of H-pyrrole nitrogens is 1. The van der Waals surface area contributed by atoms with Gasteiger partial charge in [-0.05, 0) is 23.4 Å².